The van der Waals surface area contributed by atoms with Crippen LogP contribution in [-0.4, -0.2) is 39.7 Å². The molecule has 1 unspecified atom stereocenters. The number of carbonyl (C=O) groups is 1. The highest BCUT2D eigenvalue weighted by Crippen LogP contribution is 2.14. The molecule has 0 saturated carbocycles. The third-order valence-corrected chi connectivity index (χ3v) is 4.77. The largest absolute Gasteiger partial charge is 0.347 e. The molecule has 5 nitrogen and oxygen atoms in total. The molecule has 138 valence electrons. The molecule has 1 saturated heterocycles. The van der Waals surface area contributed by atoms with Crippen molar-refractivity contribution in [3.63, 3.8) is 0 Å². The van der Waals surface area contributed by atoms with E-state index in [0.29, 0.717) is 11.4 Å². The molecule has 1 N–H and O–H groups in total. The number of likely N-dealkylation sites (tertiary alicyclic amines) is 1. The second-order valence-electron chi connectivity index (χ2n) is 6.80. The number of benzene rings is 2. The van der Waals surface area contributed by atoms with Gasteiger partial charge in [0.25, 0.3) is 5.91 Å². The Kier molecular flexibility index (Phi) is 4.98. The van der Waals surface area contributed by atoms with Gasteiger partial charge in [0.1, 0.15) is 5.82 Å². The highest BCUT2D eigenvalue weighted by molar-refractivity contribution is 5.92. The van der Waals surface area contributed by atoms with Crippen molar-refractivity contribution in [1.29, 1.82) is 0 Å². The SMILES string of the molecule is O=C(NC1CCN(Cc2ccccc2)C1)c1ccn(-c2ccc(F)cc2)n1. The predicted molar refractivity (Wildman–Crippen MR) is 101 cm³/mol. The summed E-state index contributed by atoms with van der Waals surface area (Å²) < 4.78 is 14.6. The highest BCUT2D eigenvalue weighted by Gasteiger charge is 2.24. The van der Waals surface area contributed by atoms with Crippen molar-refractivity contribution < 1.29 is 9.18 Å². The summed E-state index contributed by atoms with van der Waals surface area (Å²) in [6.07, 6.45) is 2.63. The van der Waals surface area contributed by atoms with E-state index in [4.69, 9.17) is 0 Å². The molecule has 2 heterocycles. The summed E-state index contributed by atoms with van der Waals surface area (Å²) in [4.78, 5) is 14.8. The van der Waals surface area contributed by atoms with E-state index in [1.807, 2.05) is 18.2 Å². The Morgan fingerprint density at radius 1 is 1.11 bits per heavy atom. The smallest absolute Gasteiger partial charge is 0.272 e. The van der Waals surface area contributed by atoms with Crippen molar-refractivity contribution in [2.24, 2.45) is 0 Å². The van der Waals surface area contributed by atoms with E-state index in [2.05, 4.69) is 27.4 Å². The van der Waals surface area contributed by atoms with Crippen LogP contribution in [0.4, 0.5) is 4.39 Å². The maximum Gasteiger partial charge on any atom is 0.272 e. The fraction of sp³-hybridized carbons (Fsp3) is 0.238. The third-order valence-electron chi connectivity index (χ3n) is 4.77. The average molecular weight is 364 g/mol. The molecule has 0 radical (unpaired) electrons. The molecule has 0 bridgehead atoms. The van der Waals surface area contributed by atoms with Crippen LogP contribution in [0.5, 0.6) is 0 Å². The molecule has 0 aliphatic carbocycles. The van der Waals surface area contributed by atoms with E-state index < -0.39 is 0 Å². The first-order valence-corrected chi connectivity index (χ1v) is 9.06. The van der Waals surface area contributed by atoms with Gasteiger partial charge in [-0.3, -0.25) is 9.69 Å². The van der Waals surface area contributed by atoms with Crippen LogP contribution in [0.1, 0.15) is 22.5 Å². The van der Waals surface area contributed by atoms with Gasteiger partial charge in [0.2, 0.25) is 0 Å². The number of amides is 1. The number of halogens is 1. The minimum absolute atomic E-state index is 0.122. The Morgan fingerprint density at radius 2 is 1.89 bits per heavy atom. The minimum Gasteiger partial charge on any atom is -0.347 e. The minimum atomic E-state index is -0.301. The fourth-order valence-electron chi connectivity index (χ4n) is 3.38. The first-order valence-electron chi connectivity index (χ1n) is 9.06. The first kappa shape index (κ1) is 17.4. The summed E-state index contributed by atoms with van der Waals surface area (Å²) >= 11 is 0. The molecule has 4 rings (SSSR count). The first-order chi connectivity index (χ1) is 13.2. The van der Waals surface area contributed by atoms with Crippen molar-refractivity contribution in [2.75, 3.05) is 13.1 Å². The zero-order chi connectivity index (χ0) is 18.6. The lowest BCUT2D eigenvalue weighted by Crippen LogP contribution is -2.37. The van der Waals surface area contributed by atoms with Gasteiger partial charge in [-0.2, -0.15) is 5.10 Å². The van der Waals surface area contributed by atoms with Crippen LogP contribution in [0, 0.1) is 5.82 Å². The molecule has 2 aromatic carbocycles. The lowest BCUT2D eigenvalue weighted by atomic mass is 10.2. The van der Waals surface area contributed by atoms with Crippen molar-refractivity contribution in [3.05, 3.63) is 83.9 Å². The topological polar surface area (TPSA) is 50.2 Å². The highest BCUT2D eigenvalue weighted by atomic mass is 19.1. The van der Waals surface area contributed by atoms with Crippen LogP contribution in [0.3, 0.4) is 0 Å². The number of carbonyl (C=O) groups excluding carboxylic acids is 1. The molecule has 1 fully saturated rings. The van der Waals surface area contributed by atoms with E-state index in [9.17, 15) is 9.18 Å². The third kappa shape index (κ3) is 4.23. The molecule has 1 atom stereocenters. The average Bonchev–Trinajstić information content (AvgIpc) is 3.33. The Hall–Kier alpha value is -2.99. The summed E-state index contributed by atoms with van der Waals surface area (Å²) in [6.45, 7) is 2.69. The standard InChI is InChI=1S/C21H21FN4O/c22-17-6-8-19(9-7-17)26-13-11-20(24-26)21(27)23-18-10-12-25(15-18)14-16-4-2-1-3-5-16/h1-9,11,13,18H,10,12,14-15H2,(H,23,27). The van der Waals surface area contributed by atoms with Crippen LogP contribution < -0.4 is 5.32 Å². The van der Waals surface area contributed by atoms with Crippen LogP contribution in [0.2, 0.25) is 0 Å². The van der Waals surface area contributed by atoms with E-state index >= 15 is 0 Å². The van der Waals surface area contributed by atoms with Gasteiger partial charge in [0.05, 0.1) is 5.69 Å². The number of hydrogen-bond donors (Lipinski definition) is 1. The molecule has 1 aliphatic heterocycles. The van der Waals surface area contributed by atoms with Gasteiger partial charge in [-0.15, -0.1) is 0 Å². The number of aromatic nitrogens is 2. The molecule has 3 aromatic rings. The summed E-state index contributed by atoms with van der Waals surface area (Å²) in [5.74, 6) is -0.479. The van der Waals surface area contributed by atoms with Crippen LogP contribution in [0.15, 0.2) is 66.9 Å². The summed E-state index contributed by atoms with van der Waals surface area (Å²) in [5, 5.41) is 7.38. The Balaban J connectivity index is 1.34. The Labute approximate surface area is 157 Å². The monoisotopic (exact) mass is 364 g/mol. The number of nitrogens with zero attached hydrogens (tertiary/aromatic N) is 3. The van der Waals surface area contributed by atoms with E-state index in [0.717, 1.165) is 26.1 Å². The van der Waals surface area contributed by atoms with Gasteiger partial charge in [-0.1, -0.05) is 30.3 Å². The van der Waals surface area contributed by atoms with Gasteiger partial charge in [0.15, 0.2) is 5.69 Å². The zero-order valence-corrected chi connectivity index (χ0v) is 14.9. The molecule has 1 aromatic heterocycles. The van der Waals surface area contributed by atoms with Gasteiger partial charge >= 0.3 is 0 Å². The van der Waals surface area contributed by atoms with Crippen molar-refractivity contribution in [2.45, 2.75) is 19.0 Å². The van der Waals surface area contributed by atoms with E-state index in [-0.39, 0.29) is 17.8 Å². The molecule has 27 heavy (non-hydrogen) atoms. The van der Waals surface area contributed by atoms with E-state index in [1.165, 1.54) is 17.7 Å². The fourth-order valence-corrected chi connectivity index (χ4v) is 3.38. The van der Waals surface area contributed by atoms with Gasteiger partial charge in [0, 0.05) is 31.9 Å². The molecule has 0 spiro atoms. The van der Waals surface area contributed by atoms with E-state index in [1.54, 1.807) is 29.1 Å². The summed E-state index contributed by atoms with van der Waals surface area (Å²) in [7, 11) is 0. The lowest BCUT2D eigenvalue weighted by molar-refractivity contribution is 0.0932. The van der Waals surface area contributed by atoms with Gasteiger partial charge in [-0.05, 0) is 42.3 Å². The number of nitrogens with one attached hydrogen (secondary N) is 1. The Morgan fingerprint density at radius 3 is 2.67 bits per heavy atom. The quantitative estimate of drug-likeness (QED) is 0.757. The van der Waals surface area contributed by atoms with Gasteiger partial charge < -0.3 is 5.32 Å². The molecule has 1 aliphatic rings. The van der Waals surface area contributed by atoms with Crippen molar-refractivity contribution >= 4 is 5.91 Å². The van der Waals surface area contributed by atoms with Crippen molar-refractivity contribution in [1.82, 2.24) is 20.0 Å². The predicted octanol–water partition coefficient (Wildman–Crippen LogP) is 3.02. The maximum absolute atomic E-state index is 13.0. The molecule has 6 heteroatoms. The number of rotatable bonds is 5. The summed E-state index contributed by atoms with van der Waals surface area (Å²) in [6, 6.07) is 18.1. The summed E-state index contributed by atoms with van der Waals surface area (Å²) in [5.41, 5.74) is 2.36. The van der Waals surface area contributed by atoms with Crippen LogP contribution in [0.25, 0.3) is 5.69 Å². The second-order valence-corrected chi connectivity index (χ2v) is 6.80. The molecule has 1 amide bonds. The van der Waals surface area contributed by atoms with Crippen LogP contribution >= 0.6 is 0 Å². The zero-order valence-electron chi connectivity index (χ0n) is 14.9. The lowest BCUT2D eigenvalue weighted by Gasteiger charge is -2.16. The Bertz CT molecular complexity index is 907. The number of hydrogen-bond acceptors (Lipinski definition) is 3. The molecular weight excluding hydrogens is 343 g/mol. The second kappa shape index (κ2) is 7.72. The van der Waals surface area contributed by atoms with Crippen molar-refractivity contribution in [3.8, 4) is 5.69 Å². The maximum atomic E-state index is 13.0. The normalized spacial score (nSPS) is 17.1. The van der Waals surface area contributed by atoms with Crippen LogP contribution in [-0.2, 0) is 6.54 Å². The molecular formula is C21H21FN4O. The van der Waals surface area contributed by atoms with Gasteiger partial charge in [-0.25, -0.2) is 9.07 Å².